The summed E-state index contributed by atoms with van der Waals surface area (Å²) in [7, 11) is 0. The number of carbonyl (C=O) groups excluding carboxylic acids is 1. The number of nitrogens with one attached hydrogen (secondary N) is 1. The molecule has 0 saturated carbocycles. The molecule has 0 unspecified atom stereocenters. The van der Waals surface area contributed by atoms with E-state index in [1.165, 1.54) is 10.9 Å². The fraction of sp³-hybridized carbons (Fsp3) is 0.471. The number of benzene rings is 1. The van der Waals surface area contributed by atoms with Crippen molar-refractivity contribution in [2.45, 2.75) is 39.3 Å². The fourth-order valence-corrected chi connectivity index (χ4v) is 2.42. The van der Waals surface area contributed by atoms with Crippen molar-refractivity contribution in [2.24, 2.45) is 5.92 Å². The Morgan fingerprint density at radius 1 is 1.39 bits per heavy atom. The number of hydrogen-bond donors (Lipinski definition) is 2. The van der Waals surface area contributed by atoms with Gasteiger partial charge in [0.2, 0.25) is 5.91 Å². The van der Waals surface area contributed by atoms with Crippen LogP contribution in [-0.4, -0.2) is 33.2 Å². The van der Waals surface area contributed by atoms with Gasteiger partial charge in [-0.2, -0.15) is 0 Å². The van der Waals surface area contributed by atoms with Crippen LogP contribution in [0.25, 0.3) is 10.9 Å². The summed E-state index contributed by atoms with van der Waals surface area (Å²) in [5.74, 6) is 0.0263. The Morgan fingerprint density at radius 2 is 2.13 bits per heavy atom. The van der Waals surface area contributed by atoms with Gasteiger partial charge in [-0.05, 0) is 18.1 Å². The molecule has 1 heterocycles. The molecule has 2 N–H and O–H groups in total. The van der Waals surface area contributed by atoms with Crippen LogP contribution in [0.2, 0.25) is 0 Å². The van der Waals surface area contributed by atoms with Crippen molar-refractivity contribution >= 4 is 16.8 Å². The third-order valence-corrected chi connectivity index (χ3v) is 4.19. The van der Waals surface area contributed by atoms with Gasteiger partial charge >= 0.3 is 0 Å². The smallest absolute Gasteiger partial charge is 0.261 e. The first kappa shape index (κ1) is 17.1. The Bertz CT molecular complexity index is 726. The molecule has 2 atom stereocenters. The Morgan fingerprint density at radius 3 is 2.83 bits per heavy atom. The maximum absolute atomic E-state index is 12.3. The monoisotopic (exact) mass is 317 g/mol. The topological polar surface area (TPSA) is 84.2 Å². The zero-order valence-corrected chi connectivity index (χ0v) is 13.5. The van der Waals surface area contributed by atoms with Crippen LogP contribution in [0.5, 0.6) is 0 Å². The van der Waals surface area contributed by atoms with Crippen LogP contribution in [0.15, 0.2) is 35.4 Å². The second-order valence-corrected chi connectivity index (χ2v) is 5.75. The third kappa shape index (κ3) is 4.16. The van der Waals surface area contributed by atoms with Crippen LogP contribution < -0.4 is 10.9 Å². The molecular weight excluding hydrogens is 294 g/mol. The van der Waals surface area contributed by atoms with Crippen molar-refractivity contribution in [1.82, 2.24) is 14.9 Å². The lowest BCUT2D eigenvalue weighted by Gasteiger charge is -2.22. The molecule has 2 rings (SSSR count). The summed E-state index contributed by atoms with van der Waals surface area (Å²) in [6, 6.07) is 6.88. The minimum absolute atomic E-state index is 0.0851. The molecule has 0 radical (unpaired) electrons. The molecule has 0 spiro atoms. The number of hydrogen-bond acceptors (Lipinski definition) is 4. The van der Waals surface area contributed by atoms with Crippen LogP contribution in [0, 0.1) is 5.92 Å². The van der Waals surface area contributed by atoms with E-state index in [2.05, 4.69) is 10.3 Å². The van der Waals surface area contributed by atoms with Crippen LogP contribution >= 0.6 is 0 Å². The average Bonchev–Trinajstić information content (AvgIpc) is 2.58. The number of carbonyl (C=O) groups is 1. The number of para-hydroxylation sites is 1. The van der Waals surface area contributed by atoms with Crippen molar-refractivity contribution in [3.05, 3.63) is 40.9 Å². The molecule has 0 aliphatic heterocycles. The normalized spacial score (nSPS) is 13.7. The average molecular weight is 317 g/mol. The number of aliphatic hydroxyl groups is 1. The van der Waals surface area contributed by atoms with Crippen molar-refractivity contribution in [3.63, 3.8) is 0 Å². The molecule has 0 saturated heterocycles. The van der Waals surface area contributed by atoms with E-state index in [4.69, 9.17) is 0 Å². The molecule has 0 fully saturated rings. The standard InChI is InChI=1S/C17H23N3O3/c1-3-12(2)15(10-21)19-16(22)8-9-20-11-18-14-7-5-4-6-13(14)17(20)23/h4-7,11-12,15,21H,3,8-10H2,1-2H3,(H,19,22)/t12-,15+/m1/s1. The Labute approximate surface area is 135 Å². The van der Waals surface area contributed by atoms with E-state index < -0.39 is 0 Å². The number of aryl methyl sites for hydroxylation is 1. The second-order valence-electron chi connectivity index (χ2n) is 5.75. The van der Waals surface area contributed by atoms with Gasteiger partial charge < -0.3 is 10.4 Å². The summed E-state index contributed by atoms with van der Waals surface area (Å²) in [4.78, 5) is 28.6. The van der Waals surface area contributed by atoms with Crippen molar-refractivity contribution in [3.8, 4) is 0 Å². The van der Waals surface area contributed by atoms with Crippen molar-refractivity contribution in [1.29, 1.82) is 0 Å². The summed E-state index contributed by atoms with van der Waals surface area (Å²) in [6.45, 7) is 4.18. The molecule has 1 aromatic heterocycles. The molecule has 0 aliphatic carbocycles. The third-order valence-electron chi connectivity index (χ3n) is 4.19. The molecule has 1 amide bonds. The molecule has 124 valence electrons. The summed E-state index contributed by atoms with van der Waals surface area (Å²) in [5.41, 5.74) is 0.499. The Hall–Kier alpha value is -2.21. The molecule has 6 heteroatoms. The molecule has 1 aromatic carbocycles. The van der Waals surface area contributed by atoms with Crippen molar-refractivity contribution in [2.75, 3.05) is 6.61 Å². The highest BCUT2D eigenvalue weighted by atomic mass is 16.3. The first-order valence-electron chi connectivity index (χ1n) is 7.91. The SMILES string of the molecule is CC[C@@H](C)[C@H](CO)NC(=O)CCn1cnc2ccccc2c1=O. The van der Waals surface area contributed by atoms with Crippen LogP contribution in [0.1, 0.15) is 26.7 Å². The van der Waals surface area contributed by atoms with Gasteiger partial charge in [0.1, 0.15) is 0 Å². The molecule has 0 bridgehead atoms. The lowest BCUT2D eigenvalue weighted by molar-refractivity contribution is -0.122. The number of amides is 1. The van der Waals surface area contributed by atoms with Gasteiger partial charge in [-0.3, -0.25) is 14.2 Å². The predicted octanol–water partition coefficient (Wildman–Crippen LogP) is 1.31. The maximum Gasteiger partial charge on any atom is 0.261 e. The summed E-state index contributed by atoms with van der Waals surface area (Å²) in [6.07, 6.45) is 2.52. The Kier molecular flexibility index (Phi) is 5.87. The maximum atomic E-state index is 12.3. The first-order valence-corrected chi connectivity index (χ1v) is 7.91. The number of rotatable bonds is 7. The van der Waals surface area contributed by atoms with Gasteiger partial charge in [0, 0.05) is 13.0 Å². The van der Waals surface area contributed by atoms with Gasteiger partial charge in [0.05, 0.1) is 29.9 Å². The Balaban J connectivity index is 2.02. The zero-order valence-electron chi connectivity index (χ0n) is 13.5. The molecular formula is C17H23N3O3. The van der Waals surface area contributed by atoms with E-state index in [0.717, 1.165) is 6.42 Å². The summed E-state index contributed by atoms with van der Waals surface area (Å²) in [5, 5.41) is 12.7. The van der Waals surface area contributed by atoms with Crippen LogP contribution in [0.4, 0.5) is 0 Å². The van der Waals surface area contributed by atoms with E-state index in [1.807, 2.05) is 19.9 Å². The molecule has 0 aliphatic rings. The minimum atomic E-state index is -0.251. The highest BCUT2D eigenvalue weighted by Gasteiger charge is 2.17. The zero-order chi connectivity index (χ0) is 16.8. The first-order chi connectivity index (χ1) is 11.1. The number of nitrogens with zero attached hydrogens (tertiary/aromatic N) is 2. The molecule has 23 heavy (non-hydrogen) atoms. The quantitative estimate of drug-likeness (QED) is 0.806. The van der Waals surface area contributed by atoms with E-state index in [1.54, 1.807) is 18.2 Å². The highest BCUT2D eigenvalue weighted by molar-refractivity contribution is 5.77. The fourth-order valence-electron chi connectivity index (χ4n) is 2.42. The number of aliphatic hydroxyl groups excluding tert-OH is 1. The lowest BCUT2D eigenvalue weighted by Crippen LogP contribution is -2.42. The van der Waals surface area contributed by atoms with Crippen LogP contribution in [-0.2, 0) is 11.3 Å². The largest absolute Gasteiger partial charge is 0.394 e. The molecule has 2 aromatic rings. The number of fused-ring (bicyclic) bond motifs is 1. The summed E-state index contributed by atoms with van der Waals surface area (Å²) < 4.78 is 1.44. The van der Waals surface area contributed by atoms with Gasteiger partial charge in [-0.15, -0.1) is 0 Å². The molecule has 6 nitrogen and oxygen atoms in total. The van der Waals surface area contributed by atoms with E-state index in [-0.39, 0.29) is 43.0 Å². The van der Waals surface area contributed by atoms with E-state index in [0.29, 0.717) is 10.9 Å². The van der Waals surface area contributed by atoms with Gasteiger partial charge in [-0.25, -0.2) is 4.98 Å². The van der Waals surface area contributed by atoms with Gasteiger partial charge in [-0.1, -0.05) is 32.4 Å². The van der Waals surface area contributed by atoms with Crippen molar-refractivity contribution < 1.29 is 9.90 Å². The highest BCUT2D eigenvalue weighted by Crippen LogP contribution is 2.08. The second kappa shape index (κ2) is 7.87. The van der Waals surface area contributed by atoms with Gasteiger partial charge in [0.25, 0.3) is 5.56 Å². The minimum Gasteiger partial charge on any atom is -0.394 e. The lowest BCUT2D eigenvalue weighted by atomic mass is 10.00. The van der Waals surface area contributed by atoms with E-state index in [9.17, 15) is 14.7 Å². The van der Waals surface area contributed by atoms with Crippen LogP contribution in [0.3, 0.4) is 0 Å². The number of aromatic nitrogens is 2. The predicted molar refractivity (Wildman–Crippen MR) is 89.1 cm³/mol. The van der Waals surface area contributed by atoms with Gasteiger partial charge in [0.15, 0.2) is 0 Å². The van der Waals surface area contributed by atoms with E-state index >= 15 is 0 Å². The summed E-state index contributed by atoms with van der Waals surface area (Å²) >= 11 is 0.